The number of para-hydroxylation sites is 1. The van der Waals surface area contributed by atoms with Crippen molar-refractivity contribution in [3.63, 3.8) is 0 Å². The zero-order valence-corrected chi connectivity index (χ0v) is 21.6. The van der Waals surface area contributed by atoms with E-state index in [-0.39, 0.29) is 29.7 Å². The summed E-state index contributed by atoms with van der Waals surface area (Å²) in [4.78, 5) is 9.13. The summed E-state index contributed by atoms with van der Waals surface area (Å²) in [7, 11) is -3.38. The molecule has 0 saturated heterocycles. The van der Waals surface area contributed by atoms with Crippen LogP contribution in [-0.2, 0) is 23.0 Å². The first-order valence-corrected chi connectivity index (χ1v) is 12.4. The van der Waals surface area contributed by atoms with E-state index in [1.54, 1.807) is 11.3 Å². The SMILES string of the molecule is CCNC(=NCc1nc(C(C)C)cs1)NCCS(=O)(=O)N1CCc2ccccc21.I. The maximum absolute atomic E-state index is 12.8. The monoisotopic (exact) mass is 563 g/mol. The van der Waals surface area contributed by atoms with Gasteiger partial charge >= 0.3 is 0 Å². The second-order valence-electron chi connectivity index (χ2n) is 7.21. The van der Waals surface area contributed by atoms with Crippen LogP contribution in [0.4, 0.5) is 5.69 Å². The van der Waals surface area contributed by atoms with Crippen LogP contribution in [0.5, 0.6) is 0 Å². The first kappa shape index (κ1) is 24.9. The molecule has 1 aromatic heterocycles. The van der Waals surface area contributed by atoms with Crippen LogP contribution in [0.3, 0.4) is 0 Å². The Bertz CT molecular complexity index is 960. The second kappa shape index (κ2) is 11.3. The zero-order valence-electron chi connectivity index (χ0n) is 17.6. The Morgan fingerprint density at radius 2 is 2.07 bits per heavy atom. The average molecular weight is 564 g/mol. The summed E-state index contributed by atoms with van der Waals surface area (Å²) in [5, 5.41) is 9.31. The van der Waals surface area contributed by atoms with Gasteiger partial charge in [0.1, 0.15) is 5.01 Å². The van der Waals surface area contributed by atoms with Crippen molar-refractivity contribution in [3.8, 4) is 0 Å². The first-order valence-electron chi connectivity index (χ1n) is 9.95. The number of hydrogen-bond donors (Lipinski definition) is 2. The highest BCUT2D eigenvalue weighted by atomic mass is 127. The highest BCUT2D eigenvalue weighted by Crippen LogP contribution is 2.29. The average Bonchev–Trinajstić information content (AvgIpc) is 3.33. The number of rotatable bonds is 8. The van der Waals surface area contributed by atoms with Crippen molar-refractivity contribution in [1.29, 1.82) is 0 Å². The normalized spacial score (nSPS) is 13.9. The van der Waals surface area contributed by atoms with Crippen molar-refractivity contribution < 1.29 is 8.42 Å². The summed E-state index contributed by atoms with van der Waals surface area (Å²) in [5.74, 6) is 1.02. The fourth-order valence-corrected chi connectivity index (χ4v) is 5.46. The van der Waals surface area contributed by atoms with Crippen LogP contribution in [0, 0.1) is 0 Å². The van der Waals surface area contributed by atoms with E-state index in [0.717, 1.165) is 28.4 Å². The summed E-state index contributed by atoms with van der Waals surface area (Å²) in [6, 6.07) is 7.69. The molecular formula is C20H30IN5O2S2. The van der Waals surface area contributed by atoms with Crippen LogP contribution in [0.15, 0.2) is 34.6 Å². The van der Waals surface area contributed by atoms with E-state index in [2.05, 4.69) is 39.8 Å². The largest absolute Gasteiger partial charge is 0.357 e. The number of nitrogens with one attached hydrogen (secondary N) is 2. The molecule has 0 unspecified atom stereocenters. The molecule has 0 aliphatic carbocycles. The van der Waals surface area contributed by atoms with E-state index >= 15 is 0 Å². The van der Waals surface area contributed by atoms with Crippen molar-refractivity contribution in [3.05, 3.63) is 45.9 Å². The Balaban J connectivity index is 0.00000320. The quantitative estimate of drug-likeness (QED) is 0.293. The van der Waals surface area contributed by atoms with Gasteiger partial charge in [-0.25, -0.2) is 18.4 Å². The number of hydrogen-bond acceptors (Lipinski definition) is 5. The van der Waals surface area contributed by atoms with Crippen molar-refractivity contribution in [1.82, 2.24) is 15.6 Å². The first-order chi connectivity index (χ1) is 13.9. The number of fused-ring (bicyclic) bond motifs is 1. The lowest BCUT2D eigenvalue weighted by Gasteiger charge is -2.20. The lowest BCUT2D eigenvalue weighted by molar-refractivity contribution is 0.591. The molecule has 166 valence electrons. The van der Waals surface area contributed by atoms with Crippen molar-refractivity contribution >= 4 is 57.0 Å². The molecule has 0 fully saturated rings. The Hall–Kier alpha value is -1.40. The van der Waals surface area contributed by atoms with Crippen LogP contribution in [0.25, 0.3) is 0 Å². The maximum atomic E-state index is 12.8. The summed E-state index contributed by atoms with van der Waals surface area (Å²) in [6.45, 7) is 8.20. The Morgan fingerprint density at radius 1 is 1.30 bits per heavy atom. The molecule has 2 heterocycles. The van der Waals surface area contributed by atoms with Gasteiger partial charge in [-0.05, 0) is 30.9 Å². The molecular weight excluding hydrogens is 533 g/mol. The topological polar surface area (TPSA) is 86.7 Å². The zero-order chi connectivity index (χ0) is 20.9. The number of thiazole rings is 1. The third-order valence-corrected chi connectivity index (χ3v) is 7.33. The summed E-state index contributed by atoms with van der Waals surface area (Å²) >= 11 is 1.60. The van der Waals surface area contributed by atoms with Gasteiger partial charge in [-0.15, -0.1) is 35.3 Å². The number of aromatic nitrogens is 1. The number of halogens is 1. The minimum Gasteiger partial charge on any atom is -0.357 e. The van der Waals surface area contributed by atoms with Gasteiger partial charge in [0.2, 0.25) is 10.0 Å². The maximum Gasteiger partial charge on any atom is 0.236 e. The molecule has 0 spiro atoms. The van der Waals surface area contributed by atoms with E-state index in [4.69, 9.17) is 0 Å². The third kappa shape index (κ3) is 6.30. The lowest BCUT2D eigenvalue weighted by atomic mass is 10.2. The van der Waals surface area contributed by atoms with Gasteiger partial charge in [0, 0.05) is 25.0 Å². The molecule has 1 aliphatic rings. The molecule has 0 radical (unpaired) electrons. The number of anilines is 1. The predicted molar refractivity (Wildman–Crippen MR) is 136 cm³/mol. The predicted octanol–water partition coefficient (Wildman–Crippen LogP) is 3.33. The molecule has 3 rings (SSSR count). The molecule has 1 aliphatic heterocycles. The molecule has 7 nitrogen and oxygen atoms in total. The van der Waals surface area contributed by atoms with Crippen molar-refractivity contribution in [2.45, 2.75) is 39.7 Å². The molecule has 0 amide bonds. The fourth-order valence-electron chi connectivity index (χ4n) is 3.16. The molecule has 30 heavy (non-hydrogen) atoms. The molecule has 0 atom stereocenters. The van der Waals surface area contributed by atoms with E-state index in [9.17, 15) is 8.42 Å². The number of benzene rings is 1. The number of nitrogens with zero attached hydrogens (tertiary/aromatic N) is 3. The van der Waals surface area contributed by atoms with Crippen molar-refractivity contribution in [2.75, 3.05) is 29.7 Å². The van der Waals surface area contributed by atoms with Gasteiger partial charge in [-0.2, -0.15) is 0 Å². The highest BCUT2D eigenvalue weighted by Gasteiger charge is 2.28. The van der Waals surface area contributed by atoms with Gasteiger partial charge in [0.05, 0.1) is 23.7 Å². The van der Waals surface area contributed by atoms with E-state index in [0.29, 0.717) is 38.1 Å². The molecule has 0 saturated carbocycles. The van der Waals surface area contributed by atoms with Crippen molar-refractivity contribution in [2.24, 2.45) is 4.99 Å². The molecule has 1 aromatic carbocycles. The molecule has 10 heteroatoms. The Labute approximate surface area is 200 Å². The Morgan fingerprint density at radius 3 is 2.77 bits per heavy atom. The summed E-state index contributed by atoms with van der Waals surface area (Å²) in [5.41, 5.74) is 2.97. The van der Waals surface area contributed by atoms with Crippen LogP contribution in [-0.4, -0.2) is 44.7 Å². The van der Waals surface area contributed by atoms with Crippen LogP contribution in [0.2, 0.25) is 0 Å². The van der Waals surface area contributed by atoms with Crippen LogP contribution < -0.4 is 14.9 Å². The molecule has 2 aromatic rings. The minimum atomic E-state index is -3.38. The number of sulfonamides is 1. The standard InChI is InChI=1S/C20H29N5O2S2.HI/c1-4-21-20(23-13-19-24-17(14-28-19)15(2)3)22-10-12-29(26,27)25-11-9-16-7-5-6-8-18(16)25;/h5-8,14-15H,4,9-13H2,1-3H3,(H2,21,22,23);1H. The van der Waals surface area contributed by atoms with Crippen LogP contribution >= 0.6 is 35.3 Å². The Kier molecular flexibility index (Phi) is 9.35. The van der Waals surface area contributed by atoms with E-state index < -0.39 is 10.0 Å². The van der Waals surface area contributed by atoms with Gasteiger partial charge in [-0.3, -0.25) is 4.31 Å². The minimum absolute atomic E-state index is 0. The number of aliphatic imine (C=N–C) groups is 1. The van der Waals surface area contributed by atoms with E-state index in [1.165, 1.54) is 4.31 Å². The smallest absolute Gasteiger partial charge is 0.236 e. The lowest BCUT2D eigenvalue weighted by Crippen LogP contribution is -2.42. The van der Waals surface area contributed by atoms with E-state index in [1.807, 2.05) is 31.2 Å². The van der Waals surface area contributed by atoms with Gasteiger partial charge in [0.15, 0.2) is 5.96 Å². The molecule has 0 bridgehead atoms. The van der Waals surface area contributed by atoms with Gasteiger partial charge in [-0.1, -0.05) is 32.0 Å². The second-order valence-corrected chi connectivity index (χ2v) is 10.2. The van der Waals surface area contributed by atoms with Gasteiger partial charge < -0.3 is 10.6 Å². The summed E-state index contributed by atoms with van der Waals surface area (Å²) < 4.78 is 27.1. The molecule has 2 N–H and O–H groups in total. The van der Waals surface area contributed by atoms with Gasteiger partial charge in [0.25, 0.3) is 0 Å². The summed E-state index contributed by atoms with van der Waals surface area (Å²) in [6.07, 6.45) is 0.763. The third-order valence-electron chi connectivity index (χ3n) is 4.71. The number of guanidine groups is 1. The van der Waals surface area contributed by atoms with Crippen LogP contribution in [0.1, 0.15) is 43.0 Å². The fraction of sp³-hybridized carbons (Fsp3) is 0.500. The highest BCUT2D eigenvalue weighted by molar-refractivity contribution is 14.0.